The normalized spacial score (nSPS) is 19.6. The van der Waals surface area contributed by atoms with E-state index in [0.717, 1.165) is 37.0 Å². The van der Waals surface area contributed by atoms with Gasteiger partial charge in [0.25, 0.3) is 0 Å². The van der Waals surface area contributed by atoms with Crippen molar-refractivity contribution in [2.75, 3.05) is 23.7 Å². The molecule has 1 saturated heterocycles. The second-order valence-electron chi connectivity index (χ2n) is 4.95. The fourth-order valence-electron chi connectivity index (χ4n) is 2.73. The molecule has 0 saturated carbocycles. The first-order valence-electron chi connectivity index (χ1n) is 6.37. The number of nitrogens with one attached hydrogen (secondary N) is 1. The Kier molecular flexibility index (Phi) is 2.76. The number of nitrogen functional groups attached to an aromatic ring is 1. The van der Waals surface area contributed by atoms with E-state index in [1.54, 1.807) is 12.4 Å². The summed E-state index contributed by atoms with van der Waals surface area (Å²) >= 11 is 0. The molecule has 3 rings (SSSR count). The van der Waals surface area contributed by atoms with Crippen molar-refractivity contribution < 1.29 is 0 Å². The molecule has 1 atom stereocenters. The van der Waals surface area contributed by atoms with Gasteiger partial charge in [-0.15, -0.1) is 0 Å². The molecule has 3 heterocycles. The zero-order valence-electron chi connectivity index (χ0n) is 10.6. The van der Waals surface area contributed by atoms with Gasteiger partial charge < -0.3 is 21.4 Å². The van der Waals surface area contributed by atoms with Crippen LogP contribution in [0.15, 0.2) is 12.4 Å². The van der Waals surface area contributed by atoms with Crippen LogP contribution in [0.4, 0.5) is 11.4 Å². The monoisotopic (exact) mass is 256 g/mol. The molecule has 6 nitrogen and oxygen atoms in total. The number of rotatable bonds is 1. The quantitative estimate of drug-likeness (QED) is 0.704. The van der Waals surface area contributed by atoms with E-state index in [2.05, 4.69) is 20.9 Å². The summed E-state index contributed by atoms with van der Waals surface area (Å²) in [6.07, 6.45) is 5.36. The fraction of sp³-hybridized carbons (Fsp3) is 0.385. The first kappa shape index (κ1) is 11.8. The maximum absolute atomic E-state index is 9.30. The van der Waals surface area contributed by atoms with Gasteiger partial charge >= 0.3 is 0 Å². The van der Waals surface area contributed by atoms with Gasteiger partial charge in [-0.1, -0.05) is 0 Å². The first-order chi connectivity index (χ1) is 9.20. The Morgan fingerprint density at radius 3 is 3.11 bits per heavy atom. The second-order valence-corrected chi connectivity index (χ2v) is 4.95. The van der Waals surface area contributed by atoms with Crippen LogP contribution >= 0.6 is 0 Å². The Balaban J connectivity index is 2.19. The van der Waals surface area contributed by atoms with Crippen LogP contribution < -0.4 is 16.4 Å². The molecule has 5 N–H and O–H groups in total. The molecule has 2 aromatic heterocycles. The number of aromatic nitrogens is 2. The molecule has 0 amide bonds. The lowest BCUT2D eigenvalue weighted by atomic mass is 10.0. The Bertz CT molecular complexity index is 653. The third kappa shape index (κ3) is 1.88. The zero-order valence-corrected chi connectivity index (χ0v) is 10.6. The molecule has 1 aliphatic heterocycles. The summed E-state index contributed by atoms with van der Waals surface area (Å²) in [5.41, 5.74) is 14.8. The summed E-state index contributed by atoms with van der Waals surface area (Å²) in [6, 6.07) is 2.34. The number of fused-ring (bicyclic) bond motifs is 1. The van der Waals surface area contributed by atoms with Gasteiger partial charge in [-0.25, -0.2) is 4.98 Å². The van der Waals surface area contributed by atoms with Crippen molar-refractivity contribution in [3.63, 3.8) is 0 Å². The van der Waals surface area contributed by atoms with Crippen molar-refractivity contribution >= 4 is 22.4 Å². The van der Waals surface area contributed by atoms with Gasteiger partial charge in [-0.2, -0.15) is 5.26 Å². The average Bonchev–Trinajstić information content (AvgIpc) is 2.79. The van der Waals surface area contributed by atoms with Crippen molar-refractivity contribution in [2.24, 2.45) is 5.73 Å². The number of nitrogens with two attached hydrogens (primary N) is 2. The Morgan fingerprint density at radius 2 is 2.37 bits per heavy atom. The first-order valence-corrected chi connectivity index (χ1v) is 6.37. The third-order valence-corrected chi connectivity index (χ3v) is 3.60. The van der Waals surface area contributed by atoms with Crippen molar-refractivity contribution in [1.29, 1.82) is 5.26 Å². The second kappa shape index (κ2) is 4.44. The topological polar surface area (TPSA) is 108 Å². The highest BCUT2D eigenvalue weighted by Crippen LogP contribution is 2.34. The Labute approximate surface area is 111 Å². The lowest BCUT2D eigenvalue weighted by Gasteiger charge is -2.33. The number of hydrogen-bond donors (Lipinski definition) is 3. The Hall–Kier alpha value is -2.26. The molecule has 98 valence electrons. The summed E-state index contributed by atoms with van der Waals surface area (Å²) in [4.78, 5) is 9.41. The molecule has 1 aliphatic rings. The molecule has 0 aliphatic carbocycles. The molecular formula is C13H16N6. The van der Waals surface area contributed by atoms with Crippen LogP contribution in [0.1, 0.15) is 18.4 Å². The number of H-pyrrole nitrogens is 1. The fourth-order valence-corrected chi connectivity index (χ4v) is 2.73. The SMILES string of the molecule is N#Cc1cnc2[nH]cc(N)c2c1N1CCC[C@@H](N)C1. The summed E-state index contributed by atoms with van der Waals surface area (Å²) in [5, 5.41) is 10.1. The van der Waals surface area contributed by atoms with Gasteiger partial charge in [0.1, 0.15) is 11.7 Å². The molecule has 6 heteroatoms. The highest BCUT2D eigenvalue weighted by molar-refractivity contribution is 6.01. The van der Waals surface area contributed by atoms with E-state index in [1.165, 1.54) is 0 Å². The van der Waals surface area contributed by atoms with E-state index < -0.39 is 0 Å². The van der Waals surface area contributed by atoms with Gasteiger partial charge in [0, 0.05) is 31.5 Å². The number of anilines is 2. The molecule has 2 aromatic rings. The number of piperidine rings is 1. The molecule has 0 aromatic carbocycles. The summed E-state index contributed by atoms with van der Waals surface area (Å²) in [5.74, 6) is 0. The summed E-state index contributed by atoms with van der Waals surface area (Å²) < 4.78 is 0. The van der Waals surface area contributed by atoms with E-state index in [4.69, 9.17) is 11.5 Å². The molecule has 0 spiro atoms. The van der Waals surface area contributed by atoms with Gasteiger partial charge in [-0.3, -0.25) is 0 Å². The number of nitriles is 1. The zero-order chi connectivity index (χ0) is 13.4. The number of pyridine rings is 1. The number of hydrogen-bond acceptors (Lipinski definition) is 5. The van der Waals surface area contributed by atoms with E-state index in [9.17, 15) is 5.26 Å². The molecule has 0 radical (unpaired) electrons. The smallest absolute Gasteiger partial charge is 0.141 e. The molecule has 19 heavy (non-hydrogen) atoms. The van der Waals surface area contributed by atoms with Crippen molar-refractivity contribution in [2.45, 2.75) is 18.9 Å². The largest absolute Gasteiger partial charge is 0.397 e. The van der Waals surface area contributed by atoms with E-state index >= 15 is 0 Å². The van der Waals surface area contributed by atoms with E-state index in [1.807, 2.05) is 0 Å². The molecule has 1 fully saturated rings. The lowest BCUT2D eigenvalue weighted by molar-refractivity contribution is 0.506. The van der Waals surface area contributed by atoms with Crippen LogP contribution in [0.5, 0.6) is 0 Å². The molecule has 0 unspecified atom stereocenters. The lowest BCUT2D eigenvalue weighted by Crippen LogP contribution is -2.43. The van der Waals surface area contributed by atoms with Crippen molar-refractivity contribution in [3.05, 3.63) is 18.0 Å². The number of aromatic amines is 1. The highest BCUT2D eigenvalue weighted by atomic mass is 15.2. The van der Waals surface area contributed by atoms with Crippen LogP contribution in [-0.2, 0) is 0 Å². The van der Waals surface area contributed by atoms with Crippen LogP contribution in [-0.4, -0.2) is 29.1 Å². The average molecular weight is 256 g/mol. The van der Waals surface area contributed by atoms with Crippen LogP contribution in [0.3, 0.4) is 0 Å². The van der Waals surface area contributed by atoms with Crippen molar-refractivity contribution in [3.8, 4) is 6.07 Å². The highest BCUT2D eigenvalue weighted by Gasteiger charge is 2.23. The predicted molar refractivity (Wildman–Crippen MR) is 74.6 cm³/mol. The maximum Gasteiger partial charge on any atom is 0.141 e. The van der Waals surface area contributed by atoms with Crippen molar-refractivity contribution in [1.82, 2.24) is 9.97 Å². The van der Waals surface area contributed by atoms with E-state index in [0.29, 0.717) is 16.9 Å². The summed E-state index contributed by atoms with van der Waals surface area (Å²) in [7, 11) is 0. The predicted octanol–water partition coefficient (Wildman–Crippen LogP) is 0.944. The Morgan fingerprint density at radius 1 is 1.53 bits per heavy atom. The van der Waals surface area contributed by atoms with Gasteiger partial charge in [-0.05, 0) is 12.8 Å². The summed E-state index contributed by atoms with van der Waals surface area (Å²) in [6.45, 7) is 1.64. The molecular weight excluding hydrogens is 240 g/mol. The minimum atomic E-state index is 0.142. The van der Waals surface area contributed by atoms with E-state index in [-0.39, 0.29) is 6.04 Å². The van der Waals surface area contributed by atoms with Crippen LogP contribution in [0.2, 0.25) is 0 Å². The minimum Gasteiger partial charge on any atom is -0.397 e. The van der Waals surface area contributed by atoms with Gasteiger partial charge in [0.05, 0.1) is 22.3 Å². The van der Waals surface area contributed by atoms with Gasteiger partial charge in [0.2, 0.25) is 0 Å². The molecule has 0 bridgehead atoms. The maximum atomic E-state index is 9.30. The van der Waals surface area contributed by atoms with Crippen LogP contribution in [0.25, 0.3) is 11.0 Å². The standard InChI is InChI=1S/C13H16N6/c14-4-8-5-17-13-11(10(16)6-18-13)12(8)19-3-1-2-9(15)7-19/h5-6,9H,1-3,7,15-16H2,(H,17,18)/t9-/m1/s1. The third-order valence-electron chi connectivity index (χ3n) is 3.60. The number of nitrogens with zero attached hydrogens (tertiary/aromatic N) is 3. The minimum absolute atomic E-state index is 0.142. The van der Waals surface area contributed by atoms with Crippen LogP contribution in [0, 0.1) is 11.3 Å². The van der Waals surface area contributed by atoms with Gasteiger partial charge in [0.15, 0.2) is 0 Å².